The van der Waals surface area contributed by atoms with Crippen LogP contribution in [0.25, 0.3) is 0 Å². The van der Waals surface area contributed by atoms with Gasteiger partial charge in [-0.1, -0.05) is 11.6 Å². The van der Waals surface area contributed by atoms with E-state index in [2.05, 4.69) is 5.32 Å². The molecule has 1 atom stereocenters. The molecule has 20 heavy (non-hydrogen) atoms. The topological polar surface area (TPSA) is 12.0 Å². The van der Waals surface area contributed by atoms with Crippen LogP contribution in [0.5, 0.6) is 0 Å². The zero-order valence-electron chi connectivity index (χ0n) is 11.0. The molecule has 1 nitrogen and oxygen atoms in total. The van der Waals surface area contributed by atoms with Crippen LogP contribution >= 0.6 is 11.6 Å². The lowest BCUT2D eigenvalue weighted by atomic mass is 9.96. The molecule has 106 valence electrons. The van der Waals surface area contributed by atoms with Crippen LogP contribution < -0.4 is 5.32 Å². The first-order valence-corrected chi connectivity index (χ1v) is 6.39. The number of aryl methyl sites for hydroxylation is 1. The van der Waals surface area contributed by atoms with Crippen molar-refractivity contribution in [1.82, 2.24) is 5.32 Å². The molecule has 2 aromatic rings. The van der Waals surface area contributed by atoms with Crippen LogP contribution in [0.4, 0.5) is 13.2 Å². The van der Waals surface area contributed by atoms with Crippen molar-refractivity contribution >= 4 is 11.6 Å². The third kappa shape index (κ3) is 2.81. The third-order valence-electron chi connectivity index (χ3n) is 3.15. The largest absolute Gasteiger partial charge is 0.309 e. The first-order valence-electron chi connectivity index (χ1n) is 6.01. The molecule has 0 saturated heterocycles. The SMILES string of the molecule is CNC(c1cc(Cl)ccc1F)c1cc(C)c(F)cc1F. The summed E-state index contributed by atoms with van der Waals surface area (Å²) in [6.07, 6.45) is 0. The van der Waals surface area contributed by atoms with Crippen molar-refractivity contribution in [2.24, 2.45) is 0 Å². The normalized spacial score (nSPS) is 12.5. The van der Waals surface area contributed by atoms with Gasteiger partial charge in [-0.15, -0.1) is 0 Å². The van der Waals surface area contributed by atoms with Crippen LogP contribution in [0.1, 0.15) is 22.7 Å². The highest BCUT2D eigenvalue weighted by Crippen LogP contribution is 2.29. The van der Waals surface area contributed by atoms with Crippen molar-refractivity contribution in [2.75, 3.05) is 7.05 Å². The fourth-order valence-electron chi connectivity index (χ4n) is 2.12. The standard InChI is InChI=1S/C15H13ClF3N/c1-8-5-10(14(19)7-13(8)18)15(20-2)11-6-9(16)3-4-12(11)17/h3-7,15,20H,1-2H3. The van der Waals surface area contributed by atoms with Gasteiger partial charge in [0, 0.05) is 22.2 Å². The van der Waals surface area contributed by atoms with Crippen LogP contribution in [-0.4, -0.2) is 7.05 Å². The molecule has 0 aliphatic rings. The summed E-state index contributed by atoms with van der Waals surface area (Å²) in [5.74, 6) is -1.87. The maximum atomic E-state index is 14.0. The Morgan fingerprint density at radius 1 is 0.950 bits per heavy atom. The van der Waals surface area contributed by atoms with E-state index in [4.69, 9.17) is 11.6 Å². The molecule has 1 unspecified atom stereocenters. The van der Waals surface area contributed by atoms with E-state index in [0.29, 0.717) is 10.6 Å². The lowest BCUT2D eigenvalue weighted by Gasteiger charge is -2.19. The van der Waals surface area contributed by atoms with E-state index in [1.54, 1.807) is 7.05 Å². The van der Waals surface area contributed by atoms with Gasteiger partial charge in [-0.2, -0.15) is 0 Å². The zero-order valence-corrected chi connectivity index (χ0v) is 11.7. The van der Waals surface area contributed by atoms with Crippen molar-refractivity contribution in [3.63, 3.8) is 0 Å². The number of hydrogen-bond acceptors (Lipinski definition) is 1. The lowest BCUT2D eigenvalue weighted by Crippen LogP contribution is -2.20. The van der Waals surface area contributed by atoms with Gasteiger partial charge in [0.15, 0.2) is 0 Å². The molecule has 0 aliphatic heterocycles. The van der Waals surface area contributed by atoms with Gasteiger partial charge in [-0.3, -0.25) is 0 Å². The summed E-state index contributed by atoms with van der Waals surface area (Å²) < 4.78 is 41.2. The summed E-state index contributed by atoms with van der Waals surface area (Å²) in [5, 5.41) is 3.18. The van der Waals surface area contributed by atoms with E-state index in [1.807, 2.05) is 0 Å². The smallest absolute Gasteiger partial charge is 0.131 e. The van der Waals surface area contributed by atoms with Crippen molar-refractivity contribution in [1.29, 1.82) is 0 Å². The number of nitrogens with one attached hydrogen (secondary N) is 1. The number of rotatable bonds is 3. The van der Waals surface area contributed by atoms with E-state index in [9.17, 15) is 13.2 Å². The zero-order chi connectivity index (χ0) is 14.9. The Morgan fingerprint density at radius 3 is 2.25 bits per heavy atom. The first kappa shape index (κ1) is 14.9. The summed E-state index contributed by atoms with van der Waals surface area (Å²) in [5.41, 5.74) is 0.682. The molecule has 0 saturated carbocycles. The van der Waals surface area contributed by atoms with Crippen molar-refractivity contribution < 1.29 is 13.2 Å². The second-order valence-corrected chi connectivity index (χ2v) is 4.95. The van der Waals surface area contributed by atoms with Gasteiger partial charge in [-0.25, -0.2) is 13.2 Å². The molecule has 1 N–H and O–H groups in total. The highest BCUT2D eigenvalue weighted by molar-refractivity contribution is 6.30. The Hall–Kier alpha value is -1.52. The predicted octanol–water partition coefficient (Wildman–Crippen LogP) is 4.37. The van der Waals surface area contributed by atoms with Crippen LogP contribution in [-0.2, 0) is 0 Å². The molecule has 0 spiro atoms. The fourth-order valence-corrected chi connectivity index (χ4v) is 2.30. The van der Waals surface area contributed by atoms with E-state index in [1.165, 1.54) is 31.2 Å². The average Bonchev–Trinajstić information content (AvgIpc) is 2.40. The molecule has 0 amide bonds. The first-order chi connectivity index (χ1) is 9.43. The number of hydrogen-bond donors (Lipinski definition) is 1. The molecular weight excluding hydrogens is 287 g/mol. The molecule has 0 heterocycles. The summed E-state index contributed by atoms with van der Waals surface area (Å²) in [7, 11) is 1.57. The van der Waals surface area contributed by atoms with Crippen LogP contribution in [0, 0.1) is 24.4 Å². The number of halogens is 4. The number of benzene rings is 2. The molecule has 2 aromatic carbocycles. The average molecular weight is 300 g/mol. The van der Waals surface area contributed by atoms with E-state index >= 15 is 0 Å². The molecule has 5 heteroatoms. The van der Waals surface area contributed by atoms with Crippen LogP contribution in [0.2, 0.25) is 5.02 Å². The van der Waals surface area contributed by atoms with Crippen LogP contribution in [0.15, 0.2) is 30.3 Å². The summed E-state index contributed by atoms with van der Waals surface area (Å²) in [6, 6.07) is 5.49. The molecule has 2 rings (SSSR count). The summed E-state index contributed by atoms with van der Waals surface area (Å²) in [6.45, 7) is 1.53. The Balaban J connectivity index is 2.58. The van der Waals surface area contributed by atoms with E-state index < -0.39 is 23.5 Å². The van der Waals surface area contributed by atoms with Gasteiger partial charge in [-0.05, 0) is 43.8 Å². The van der Waals surface area contributed by atoms with Crippen LogP contribution in [0.3, 0.4) is 0 Å². The van der Waals surface area contributed by atoms with Gasteiger partial charge >= 0.3 is 0 Å². The molecule has 0 aromatic heterocycles. The van der Waals surface area contributed by atoms with Crippen molar-refractivity contribution in [2.45, 2.75) is 13.0 Å². The maximum absolute atomic E-state index is 14.0. The fraction of sp³-hybridized carbons (Fsp3) is 0.200. The molecule has 0 aliphatic carbocycles. The Labute approximate surface area is 120 Å². The predicted molar refractivity (Wildman–Crippen MR) is 73.4 cm³/mol. The van der Waals surface area contributed by atoms with Gasteiger partial charge in [0.25, 0.3) is 0 Å². The second-order valence-electron chi connectivity index (χ2n) is 4.51. The summed E-state index contributed by atoms with van der Waals surface area (Å²) >= 11 is 5.85. The van der Waals surface area contributed by atoms with E-state index in [-0.39, 0.29) is 11.1 Å². The second kappa shape index (κ2) is 5.85. The third-order valence-corrected chi connectivity index (χ3v) is 3.38. The molecular formula is C15H13ClF3N. The minimum absolute atomic E-state index is 0.174. The van der Waals surface area contributed by atoms with Crippen molar-refractivity contribution in [3.05, 3.63) is 69.5 Å². The van der Waals surface area contributed by atoms with Crippen molar-refractivity contribution in [3.8, 4) is 0 Å². The van der Waals surface area contributed by atoms with Gasteiger partial charge < -0.3 is 5.32 Å². The Kier molecular flexibility index (Phi) is 4.35. The monoisotopic (exact) mass is 299 g/mol. The minimum Gasteiger partial charge on any atom is -0.309 e. The van der Waals surface area contributed by atoms with Gasteiger partial charge in [0.1, 0.15) is 17.5 Å². The van der Waals surface area contributed by atoms with E-state index in [0.717, 1.165) is 6.07 Å². The van der Waals surface area contributed by atoms with Gasteiger partial charge in [0.05, 0.1) is 6.04 Å². The Bertz CT molecular complexity index is 643. The molecule has 0 fully saturated rings. The quantitative estimate of drug-likeness (QED) is 0.887. The lowest BCUT2D eigenvalue weighted by molar-refractivity contribution is 0.532. The highest BCUT2D eigenvalue weighted by atomic mass is 35.5. The highest BCUT2D eigenvalue weighted by Gasteiger charge is 2.21. The van der Waals surface area contributed by atoms with Gasteiger partial charge in [0.2, 0.25) is 0 Å². The Morgan fingerprint density at radius 2 is 1.60 bits per heavy atom. The minimum atomic E-state index is -0.743. The molecule has 0 bridgehead atoms. The summed E-state index contributed by atoms with van der Waals surface area (Å²) in [4.78, 5) is 0. The molecule has 0 radical (unpaired) electrons. The maximum Gasteiger partial charge on any atom is 0.131 e.